The molecule has 1 atom stereocenters. The van der Waals surface area contributed by atoms with E-state index >= 15 is 0 Å². The van der Waals surface area contributed by atoms with Gasteiger partial charge in [-0.15, -0.1) is 23.7 Å². The second-order valence-corrected chi connectivity index (χ2v) is 5.33. The predicted molar refractivity (Wildman–Crippen MR) is 73.7 cm³/mol. The molecule has 1 aliphatic rings. The van der Waals surface area contributed by atoms with Crippen LogP contribution in [0.25, 0.3) is 0 Å². The maximum Gasteiger partial charge on any atom is 0.180 e. The van der Waals surface area contributed by atoms with Crippen molar-refractivity contribution in [3.63, 3.8) is 0 Å². The van der Waals surface area contributed by atoms with Crippen LogP contribution in [0.1, 0.15) is 24.6 Å². The minimum atomic E-state index is 0. The van der Waals surface area contributed by atoms with E-state index in [2.05, 4.69) is 16.8 Å². The summed E-state index contributed by atoms with van der Waals surface area (Å²) in [5.41, 5.74) is 5.62. The number of rotatable bonds is 4. The molecule has 0 aliphatic carbocycles. The van der Waals surface area contributed by atoms with Crippen molar-refractivity contribution in [2.75, 3.05) is 25.4 Å². The Morgan fingerprint density at radius 1 is 1.65 bits per heavy atom. The van der Waals surface area contributed by atoms with E-state index in [1.54, 1.807) is 11.3 Å². The quantitative estimate of drug-likeness (QED) is 0.916. The van der Waals surface area contributed by atoms with Gasteiger partial charge < -0.3 is 10.5 Å². The van der Waals surface area contributed by atoms with Crippen LogP contribution in [0.15, 0.2) is 6.20 Å². The van der Waals surface area contributed by atoms with E-state index in [0.29, 0.717) is 11.2 Å². The number of hydrogen-bond acceptors (Lipinski definition) is 5. The first kappa shape index (κ1) is 14.7. The molecule has 0 radical (unpaired) electrons. The van der Waals surface area contributed by atoms with Gasteiger partial charge in [-0.25, -0.2) is 4.98 Å². The number of nitrogen functional groups attached to an aromatic ring is 1. The van der Waals surface area contributed by atoms with Crippen LogP contribution in [0, 0.1) is 0 Å². The van der Waals surface area contributed by atoms with E-state index < -0.39 is 0 Å². The number of aromatic nitrogens is 1. The molecule has 0 saturated carbocycles. The van der Waals surface area contributed by atoms with E-state index in [9.17, 15) is 0 Å². The van der Waals surface area contributed by atoms with Crippen LogP contribution < -0.4 is 5.73 Å². The molecule has 0 bridgehead atoms. The van der Waals surface area contributed by atoms with Gasteiger partial charge in [-0.2, -0.15) is 0 Å². The van der Waals surface area contributed by atoms with Gasteiger partial charge in [0.1, 0.15) is 0 Å². The molecule has 1 saturated heterocycles. The van der Waals surface area contributed by atoms with Gasteiger partial charge in [-0.1, -0.05) is 13.3 Å². The largest absolute Gasteiger partial charge is 0.376 e. The number of morpholine rings is 1. The van der Waals surface area contributed by atoms with Crippen molar-refractivity contribution >= 4 is 28.9 Å². The third-order valence-corrected chi connectivity index (χ3v) is 3.60. The highest BCUT2D eigenvalue weighted by Gasteiger charge is 2.20. The predicted octanol–water partition coefficient (Wildman–Crippen LogP) is 2.15. The maximum atomic E-state index is 5.71. The lowest BCUT2D eigenvalue weighted by Gasteiger charge is -2.32. The second-order valence-electron chi connectivity index (χ2n) is 4.18. The van der Waals surface area contributed by atoms with Gasteiger partial charge in [-0.3, -0.25) is 4.90 Å². The van der Waals surface area contributed by atoms with Gasteiger partial charge in [0.15, 0.2) is 5.13 Å². The van der Waals surface area contributed by atoms with Crippen LogP contribution in [-0.2, 0) is 11.3 Å². The van der Waals surface area contributed by atoms with Crippen LogP contribution in [0.4, 0.5) is 5.13 Å². The monoisotopic (exact) mass is 277 g/mol. The normalized spacial score (nSPS) is 21.1. The number of ether oxygens (including phenoxy) is 1. The molecule has 1 aromatic heterocycles. The Labute approximate surface area is 113 Å². The van der Waals surface area contributed by atoms with Crippen molar-refractivity contribution in [2.45, 2.75) is 32.4 Å². The lowest BCUT2D eigenvalue weighted by molar-refractivity contribution is -0.0347. The zero-order chi connectivity index (χ0) is 11.4. The summed E-state index contributed by atoms with van der Waals surface area (Å²) < 4.78 is 5.71. The smallest absolute Gasteiger partial charge is 0.180 e. The summed E-state index contributed by atoms with van der Waals surface area (Å²) in [6, 6.07) is 0. The molecule has 0 amide bonds. The molecule has 1 fully saturated rings. The summed E-state index contributed by atoms with van der Waals surface area (Å²) >= 11 is 1.58. The molecule has 1 aliphatic heterocycles. The number of halogens is 1. The van der Waals surface area contributed by atoms with E-state index in [-0.39, 0.29) is 12.4 Å². The Hall–Kier alpha value is -0.360. The number of anilines is 1. The first-order chi connectivity index (χ1) is 7.78. The summed E-state index contributed by atoms with van der Waals surface area (Å²) in [5, 5.41) is 0.661. The Balaban J connectivity index is 0.00000144. The lowest BCUT2D eigenvalue weighted by Crippen LogP contribution is -2.41. The van der Waals surface area contributed by atoms with E-state index in [1.165, 1.54) is 11.3 Å². The highest BCUT2D eigenvalue weighted by Crippen LogP contribution is 2.19. The molecule has 2 rings (SSSR count). The SMILES string of the molecule is CCCC1CN(Cc2cnc(N)s2)CCO1.Cl. The molecule has 17 heavy (non-hydrogen) atoms. The number of hydrogen-bond donors (Lipinski definition) is 1. The van der Waals surface area contributed by atoms with Gasteiger partial charge in [0.25, 0.3) is 0 Å². The summed E-state index contributed by atoms with van der Waals surface area (Å²) in [6.45, 7) is 6.05. The van der Waals surface area contributed by atoms with Crippen molar-refractivity contribution in [1.82, 2.24) is 9.88 Å². The Morgan fingerprint density at radius 3 is 3.12 bits per heavy atom. The van der Waals surface area contributed by atoms with Gasteiger partial charge in [-0.05, 0) is 6.42 Å². The van der Waals surface area contributed by atoms with Crippen molar-refractivity contribution in [2.24, 2.45) is 0 Å². The Bertz CT molecular complexity index is 332. The van der Waals surface area contributed by atoms with Crippen LogP contribution in [0.2, 0.25) is 0 Å². The summed E-state index contributed by atoms with van der Waals surface area (Å²) in [6.07, 6.45) is 4.63. The standard InChI is InChI=1S/C11H19N3OS.ClH/c1-2-3-9-7-14(4-5-15-9)8-10-6-13-11(12)16-10;/h6,9H,2-5,7-8H2,1H3,(H2,12,13);1H. The third-order valence-electron chi connectivity index (χ3n) is 2.78. The molecule has 6 heteroatoms. The third kappa shape index (κ3) is 4.43. The molecule has 2 heterocycles. The van der Waals surface area contributed by atoms with Crippen LogP contribution >= 0.6 is 23.7 Å². The number of nitrogens with two attached hydrogens (primary N) is 1. The Morgan fingerprint density at radius 2 is 2.47 bits per heavy atom. The molecule has 1 unspecified atom stereocenters. The van der Waals surface area contributed by atoms with Gasteiger partial charge in [0, 0.05) is 30.7 Å². The fourth-order valence-corrected chi connectivity index (χ4v) is 2.76. The molecule has 98 valence electrons. The van der Waals surface area contributed by atoms with E-state index in [1.807, 2.05) is 6.20 Å². The lowest BCUT2D eigenvalue weighted by atomic mass is 10.1. The van der Waals surface area contributed by atoms with E-state index in [4.69, 9.17) is 10.5 Å². The minimum absolute atomic E-state index is 0. The average Bonchev–Trinajstić information content (AvgIpc) is 2.65. The molecular weight excluding hydrogens is 258 g/mol. The summed E-state index contributed by atoms with van der Waals surface area (Å²) in [7, 11) is 0. The molecular formula is C11H20ClN3OS. The molecule has 0 spiro atoms. The summed E-state index contributed by atoms with van der Waals surface area (Å²) in [4.78, 5) is 7.75. The zero-order valence-corrected chi connectivity index (χ0v) is 11.7. The second kappa shape index (κ2) is 7.16. The van der Waals surface area contributed by atoms with Crippen LogP contribution in [0.5, 0.6) is 0 Å². The van der Waals surface area contributed by atoms with Crippen LogP contribution in [-0.4, -0.2) is 35.7 Å². The fraction of sp³-hybridized carbons (Fsp3) is 0.727. The zero-order valence-electron chi connectivity index (χ0n) is 10.1. The van der Waals surface area contributed by atoms with Crippen molar-refractivity contribution in [1.29, 1.82) is 0 Å². The van der Waals surface area contributed by atoms with Gasteiger partial charge in [0.2, 0.25) is 0 Å². The molecule has 2 N–H and O–H groups in total. The van der Waals surface area contributed by atoms with Gasteiger partial charge in [0.05, 0.1) is 12.7 Å². The van der Waals surface area contributed by atoms with Crippen molar-refractivity contribution in [3.8, 4) is 0 Å². The first-order valence-electron chi connectivity index (χ1n) is 5.82. The Kier molecular flexibility index (Phi) is 6.19. The topological polar surface area (TPSA) is 51.4 Å². The van der Waals surface area contributed by atoms with Crippen molar-refractivity contribution in [3.05, 3.63) is 11.1 Å². The molecule has 1 aromatic rings. The van der Waals surface area contributed by atoms with Crippen LogP contribution in [0.3, 0.4) is 0 Å². The van der Waals surface area contributed by atoms with E-state index in [0.717, 1.165) is 32.7 Å². The molecule has 0 aromatic carbocycles. The minimum Gasteiger partial charge on any atom is -0.376 e. The first-order valence-corrected chi connectivity index (χ1v) is 6.63. The highest BCUT2D eigenvalue weighted by molar-refractivity contribution is 7.15. The van der Waals surface area contributed by atoms with Crippen molar-refractivity contribution < 1.29 is 4.74 Å². The fourth-order valence-electron chi connectivity index (χ4n) is 2.04. The van der Waals surface area contributed by atoms with Gasteiger partial charge >= 0.3 is 0 Å². The average molecular weight is 278 g/mol. The highest BCUT2D eigenvalue weighted by atomic mass is 35.5. The molecule has 4 nitrogen and oxygen atoms in total. The number of nitrogens with zero attached hydrogens (tertiary/aromatic N) is 2. The summed E-state index contributed by atoms with van der Waals surface area (Å²) in [5.74, 6) is 0. The maximum absolute atomic E-state index is 5.71. The number of thiazole rings is 1.